The normalized spacial score (nSPS) is 15.3. The number of aromatic nitrogens is 2. The summed E-state index contributed by atoms with van der Waals surface area (Å²) in [5, 5.41) is 6.06. The van der Waals surface area contributed by atoms with E-state index in [-0.39, 0.29) is 13.1 Å². The highest BCUT2D eigenvalue weighted by molar-refractivity contribution is 5.75. The Labute approximate surface area is 179 Å². The standard InChI is InChI=1S/C21H27F3N4O3/c1-27(17-6-10-30-11-7-17)9-12-31-18-4-2-3-16(13-18)14-25-20(29)15-28-8-5-19(26-28)21(22,23)24/h2-5,8,13,17H,6-7,9-12,14-15H2,1H3,(H,25,29). The molecule has 0 unspecified atom stereocenters. The monoisotopic (exact) mass is 440 g/mol. The molecule has 1 aliphatic rings. The van der Waals surface area contributed by atoms with Crippen LogP contribution < -0.4 is 10.1 Å². The molecule has 0 spiro atoms. The maximum absolute atomic E-state index is 12.6. The summed E-state index contributed by atoms with van der Waals surface area (Å²) in [5.41, 5.74) is -0.187. The van der Waals surface area contributed by atoms with Crippen LogP contribution in [0.4, 0.5) is 13.2 Å². The van der Waals surface area contributed by atoms with E-state index in [0.29, 0.717) is 18.4 Å². The summed E-state index contributed by atoms with van der Waals surface area (Å²) in [6.07, 6.45) is -1.33. The van der Waals surface area contributed by atoms with Gasteiger partial charge in [0.15, 0.2) is 5.69 Å². The van der Waals surface area contributed by atoms with Crippen LogP contribution in [0.1, 0.15) is 24.1 Å². The molecular weight excluding hydrogens is 413 g/mol. The molecule has 170 valence electrons. The number of likely N-dealkylation sites (N-methyl/N-ethyl adjacent to an activating group) is 1. The summed E-state index contributed by atoms with van der Waals surface area (Å²) < 4.78 is 49.9. The van der Waals surface area contributed by atoms with Crippen LogP contribution >= 0.6 is 0 Å². The van der Waals surface area contributed by atoms with Crippen molar-refractivity contribution >= 4 is 5.91 Å². The Morgan fingerprint density at radius 2 is 2.10 bits per heavy atom. The molecule has 0 saturated carbocycles. The van der Waals surface area contributed by atoms with Crippen molar-refractivity contribution in [1.82, 2.24) is 20.0 Å². The number of ether oxygens (including phenoxy) is 2. The van der Waals surface area contributed by atoms with Gasteiger partial charge >= 0.3 is 6.18 Å². The van der Waals surface area contributed by atoms with Gasteiger partial charge in [-0.2, -0.15) is 18.3 Å². The number of nitrogens with zero attached hydrogens (tertiary/aromatic N) is 3. The van der Waals surface area contributed by atoms with E-state index in [1.54, 1.807) is 0 Å². The number of alkyl halides is 3. The third-order valence-corrected chi connectivity index (χ3v) is 5.15. The molecule has 0 aliphatic carbocycles. The van der Waals surface area contributed by atoms with E-state index in [4.69, 9.17) is 9.47 Å². The third kappa shape index (κ3) is 7.25. The average Bonchev–Trinajstić information content (AvgIpc) is 3.22. The van der Waals surface area contributed by atoms with Crippen molar-refractivity contribution in [2.45, 2.75) is 38.1 Å². The highest BCUT2D eigenvalue weighted by Gasteiger charge is 2.33. The highest BCUT2D eigenvalue weighted by atomic mass is 19.4. The molecule has 0 radical (unpaired) electrons. The first kappa shape index (κ1) is 23.1. The largest absolute Gasteiger partial charge is 0.492 e. The summed E-state index contributed by atoms with van der Waals surface area (Å²) in [6, 6.07) is 8.72. The Morgan fingerprint density at radius 1 is 1.32 bits per heavy atom. The summed E-state index contributed by atoms with van der Waals surface area (Å²) in [7, 11) is 2.09. The zero-order chi connectivity index (χ0) is 22.3. The summed E-state index contributed by atoms with van der Waals surface area (Å²) in [5.74, 6) is 0.273. The van der Waals surface area contributed by atoms with Gasteiger partial charge in [0.1, 0.15) is 18.9 Å². The van der Waals surface area contributed by atoms with Crippen LogP contribution in [-0.2, 0) is 28.8 Å². The molecule has 1 N–H and O–H groups in total. The first-order valence-electron chi connectivity index (χ1n) is 10.2. The van der Waals surface area contributed by atoms with Gasteiger partial charge in [0.05, 0.1) is 0 Å². The zero-order valence-electron chi connectivity index (χ0n) is 17.4. The summed E-state index contributed by atoms with van der Waals surface area (Å²) >= 11 is 0. The van der Waals surface area contributed by atoms with Gasteiger partial charge in [-0.1, -0.05) is 12.1 Å². The lowest BCUT2D eigenvalue weighted by Gasteiger charge is -2.31. The van der Waals surface area contributed by atoms with Gasteiger partial charge in [0, 0.05) is 38.5 Å². The fourth-order valence-electron chi connectivity index (χ4n) is 3.37. The molecule has 1 aromatic heterocycles. The fourth-order valence-corrected chi connectivity index (χ4v) is 3.37. The van der Waals surface area contributed by atoms with Crippen LogP contribution in [0.3, 0.4) is 0 Å². The van der Waals surface area contributed by atoms with Crippen LogP contribution in [0.25, 0.3) is 0 Å². The Hall–Kier alpha value is -2.59. The first-order chi connectivity index (χ1) is 14.8. The van der Waals surface area contributed by atoms with Crippen molar-refractivity contribution in [2.24, 2.45) is 0 Å². The average molecular weight is 440 g/mol. The molecular formula is C21H27F3N4O3. The third-order valence-electron chi connectivity index (χ3n) is 5.15. The van der Waals surface area contributed by atoms with Crippen molar-refractivity contribution < 1.29 is 27.4 Å². The highest BCUT2D eigenvalue weighted by Crippen LogP contribution is 2.27. The molecule has 7 nitrogen and oxygen atoms in total. The number of carbonyl (C=O) groups excluding carboxylic acids is 1. The minimum Gasteiger partial charge on any atom is -0.492 e. The van der Waals surface area contributed by atoms with E-state index in [2.05, 4.69) is 22.4 Å². The van der Waals surface area contributed by atoms with Crippen molar-refractivity contribution in [1.29, 1.82) is 0 Å². The van der Waals surface area contributed by atoms with Crippen LogP contribution in [0.5, 0.6) is 5.75 Å². The maximum atomic E-state index is 12.6. The molecule has 0 bridgehead atoms. The van der Waals surface area contributed by atoms with Crippen LogP contribution in [0.15, 0.2) is 36.5 Å². The predicted octanol–water partition coefficient (Wildman–Crippen LogP) is 2.71. The van der Waals surface area contributed by atoms with Gasteiger partial charge in [0.25, 0.3) is 0 Å². The molecule has 31 heavy (non-hydrogen) atoms. The van der Waals surface area contributed by atoms with Crippen LogP contribution in [0, 0.1) is 0 Å². The Morgan fingerprint density at radius 3 is 2.81 bits per heavy atom. The predicted molar refractivity (Wildman–Crippen MR) is 107 cm³/mol. The topological polar surface area (TPSA) is 68.6 Å². The lowest BCUT2D eigenvalue weighted by Crippen LogP contribution is -2.38. The SMILES string of the molecule is CN(CCOc1cccc(CNC(=O)Cn2ccc(C(F)(F)F)n2)c1)C1CCOCC1. The van der Waals surface area contributed by atoms with Gasteiger partial charge in [-0.25, -0.2) is 0 Å². The molecule has 1 amide bonds. The molecule has 10 heteroatoms. The zero-order valence-corrected chi connectivity index (χ0v) is 17.4. The second kappa shape index (κ2) is 10.6. The van der Waals surface area contributed by atoms with E-state index in [0.717, 1.165) is 55.1 Å². The Bertz CT molecular complexity index is 850. The van der Waals surface area contributed by atoms with E-state index in [1.807, 2.05) is 24.3 Å². The van der Waals surface area contributed by atoms with Gasteiger partial charge in [0.2, 0.25) is 5.91 Å². The molecule has 3 rings (SSSR count). The summed E-state index contributed by atoms with van der Waals surface area (Å²) in [6.45, 7) is 2.90. The Balaban J connectivity index is 1.41. The number of hydrogen-bond acceptors (Lipinski definition) is 5. The van der Waals surface area contributed by atoms with E-state index in [9.17, 15) is 18.0 Å². The van der Waals surface area contributed by atoms with Crippen molar-refractivity contribution in [3.8, 4) is 5.75 Å². The van der Waals surface area contributed by atoms with Gasteiger partial charge in [-0.3, -0.25) is 14.4 Å². The van der Waals surface area contributed by atoms with Gasteiger partial charge in [-0.15, -0.1) is 0 Å². The molecule has 1 aliphatic heterocycles. The van der Waals surface area contributed by atoms with Crippen molar-refractivity contribution in [3.05, 3.63) is 47.8 Å². The number of rotatable bonds is 9. The molecule has 1 fully saturated rings. The van der Waals surface area contributed by atoms with Gasteiger partial charge in [-0.05, 0) is 43.7 Å². The molecule has 2 aromatic rings. The fraction of sp³-hybridized carbons (Fsp3) is 0.524. The lowest BCUT2D eigenvalue weighted by atomic mass is 10.1. The van der Waals surface area contributed by atoms with E-state index in [1.165, 1.54) is 0 Å². The second-order valence-electron chi connectivity index (χ2n) is 7.49. The van der Waals surface area contributed by atoms with Crippen molar-refractivity contribution in [3.63, 3.8) is 0 Å². The molecule has 0 atom stereocenters. The van der Waals surface area contributed by atoms with Crippen molar-refractivity contribution in [2.75, 3.05) is 33.4 Å². The number of carbonyl (C=O) groups is 1. The number of amides is 1. The number of hydrogen-bond donors (Lipinski definition) is 1. The smallest absolute Gasteiger partial charge is 0.435 e. The Kier molecular flexibility index (Phi) is 7.91. The maximum Gasteiger partial charge on any atom is 0.435 e. The minimum absolute atomic E-state index is 0.241. The molecule has 2 heterocycles. The molecule has 1 saturated heterocycles. The van der Waals surface area contributed by atoms with E-state index >= 15 is 0 Å². The second-order valence-corrected chi connectivity index (χ2v) is 7.49. The van der Waals surface area contributed by atoms with Crippen LogP contribution in [0.2, 0.25) is 0 Å². The number of halogens is 3. The molecule has 1 aromatic carbocycles. The van der Waals surface area contributed by atoms with Gasteiger partial charge < -0.3 is 14.8 Å². The van der Waals surface area contributed by atoms with Crippen LogP contribution in [-0.4, -0.2) is 60.0 Å². The first-order valence-corrected chi connectivity index (χ1v) is 10.2. The lowest BCUT2D eigenvalue weighted by molar-refractivity contribution is -0.141. The quantitative estimate of drug-likeness (QED) is 0.650. The number of nitrogens with one attached hydrogen (secondary N) is 1. The minimum atomic E-state index is -4.53. The number of benzene rings is 1. The van der Waals surface area contributed by atoms with E-state index < -0.39 is 17.8 Å². The summed E-state index contributed by atoms with van der Waals surface area (Å²) in [4.78, 5) is 14.3.